The summed E-state index contributed by atoms with van der Waals surface area (Å²) in [7, 11) is 0. The molecule has 2 unspecified atom stereocenters. The van der Waals surface area contributed by atoms with E-state index in [2.05, 4.69) is 13.5 Å². The highest BCUT2D eigenvalue weighted by molar-refractivity contribution is 5.15. The summed E-state index contributed by atoms with van der Waals surface area (Å²) in [6.45, 7) is 11.7. The van der Waals surface area contributed by atoms with Gasteiger partial charge in [0.05, 0.1) is 6.10 Å². The van der Waals surface area contributed by atoms with Crippen LogP contribution in [0.25, 0.3) is 0 Å². The van der Waals surface area contributed by atoms with E-state index in [0.29, 0.717) is 0 Å². The molecule has 2 heteroatoms. The van der Waals surface area contributed by atoms with Crippen molar-refractivity contribution in [2.24, 2.45) is 0 Å². The topological polar surface area (TPSA) is 18.5 Å². The largest absolute Gasteiger partial charge is 0.375 e. The minimum absolute atomic E-state index is 0.123. The lowest BCUT2D eigenvalue weighted by Gasteiger charge is -2.34. The van der Waals surface area contributed by atoms with E-state index in [1.165, 1.54) is 0 Å². The maximum atomic E-state index is 5.79. The third-order valence-corrected chi connectivity index (χ3v) is 2.85. The van der Waals surface area contributed by atoms with Gasteiger partial charge in [-0.05, 0) is 39.2 Å². The van der Waals surface area contributed by atoms with Gasteiger partial charge in [-0.2, -0.15) is 0 Å². The van der Waals surface area contributed by atoms with Crippen LogP contribution in [0.5, 0.6) is 0 Å². The summed E-state index contributed by atoms with van der Waals surface area (Å²) in [6.07, 6.45) is 2.28. The maximum Gasteiger partial charge on any atom is 0.114 e. The van der Waals surface area contributed by atoms with Crippen LogP contribution in [0.3, 0.4) is 0 Å². The van der Waals surface area contributed by atoms with Crippen molar-refractivity contribution in [2.75, 3.05) is 13.2 Å². The summed E-state index contributed by atoms with van der Waals surface area (Å²) >= 11 is 0. The molecular formula is C11H20O2. The van der Waals surface area contributed by atoms with Crippen molar-refractivity contribution < 1.29 is 9.47 Å². The van der Waals surface area contributed by atoms with Gasteiger partial charge in [0.2, 0.25) is 0 Å². The first-order valence-corrected chi connectivity index (χ1v) is 5.05. The molecule has 1 rings (SSSR count). The molecule has 1 fully saturated rings. The third kappa shape index (κ3) is 1.94. The van der Waals surface area contributed by atoms with Gasteiger partial charge in [-0.1, -0.05) is 6.58 Å². The van der Waals surface area contributed by atoms with E-state index in [-0.39, 0.29) is 11.7 Å². The van der Waals surface area contributed by atoms with Crippen molar-refractivity contribution in [3.63, 3.8) is 0 Å². The average Bonchev–Trinajstić information content (AvgIpc) is 2.53. The molecule has 0 N–H and O–H groups in total. The minimum Gasteiger partial charge on any atom is -0.375 e. The fraction of sp³-hybridized carbons (Fsp3) is 0.818. The number of hydrogen-bond acceptors (Lipinski definition) is 2. The molecule has 2 atom stereocenters. The van der Waals surface area contributed by atoms with Crippen molar-refractivity contribution >= 4 is 0 Å². The quantitative estimate of drug-likeness (QED) is 0.625. The molecule has 0 saturated carbocycles. The molecule has 1 heterocycles. The third-order valence-electron chi connectivity index (χ3n) is 2.85. The van der Waals surface area contributed by atoms with Crippen molar-refractivity contribution in [2.45, 2.75) is 45.3 Å². The van der Waals surface area contributed by atoms with E-state index in [1.807, 2.05) is 13.8 Å². The highest BCUT2D eigenvalue weighted by atomic mass is 16.6. The van der Waals surface area contributed by atoms with Crippen LogP contribution in [0.1, 0.15) is 33.6 Å². The van der Waals surface area contributed by atoms with Crippen LogP contribution in [0, 0.1) is 0 Å². The Morgan fingerprint density at radius 2 is 2.38 bits per heavy atom. The van der Waals surface area contributed by atoms with Crippen molar-refractivity contribution in [1.82, 2.24) is 0 Å². The zero-order chi connectivity index (χ0) is 9.90. The predicted molar refractivity (Wildman–Crippen MR) is 53.8 cm³/mol. The monoisotopic (exact) mass is 184 g/mol. The Morgan fingerprint density at radius 3 is 2.77 bits per heavy atom. The van der Waals surface area contributed by atoms with E-state index in [0.717, 1.165) is 31.6 Å². The van der Waals surface area contributed by atoms with Gasteiger partial charge in [0.1, 0.15) is 5.60 Å². The Kier molecular flexibility index (Phi) is 3.51. The lowest BCUT2D eigenvalue weighted by atomic mass is 9.87. The molecule has 0 amide bonds. The van der Waals surface area contributed by atoms with Crippen LogP contribution in [0.15, 0.2) is 12.2 Å². The summed E-state index contributed by atoms with van der Waals surface area (Å²) < 4.78 is 11.4. The Hall–Kier alpha value is -0.340. The highest BCUT2D eigenvalue weighted by Gasteiger charge is 2.41. The Morgan fingerprint density at radius 1 is 1.69 bits per heavy atom. The molecule has 1 aliphatic heterocycles. The zero-order valence-corrected chi connectivity index (χ0v) is 8.93. The molecule has 2 nitrogen and oxygen atoms in total. The average molecular weight is 184 g/mol. The second-order valence-corrected chi connectivity index (χ2v) is 3.72. The smallest absolute Gasteiger partial charge is 0.114 e. The van der Waals surface area contributed by atoms with Gasteiger partial charge in [-0.25, -0.2) is 0 Å². The van der Waals surface area contributed by atoms with Crippen molar-refractivity contribution in [1.29, 1.82) is 0 Å². The first-order chi connectivity index (χ1) is 6.13. The molecular weight excluding hydrogens is 164 g/mol. The van der Waals surface area contributed by atoms with Gasteiger partial charge in [0, 0.05) is 13.2 Å². The molecule has 1 saturated heterocycles. The van der Waals surface area contributed by atoms with Gasteiger partial charge < -0.3 is 9.47 Å². The summed E-state index contributed by atoms with van der Waals surface area (Å²) in [6, 6.07) is 0. The Labute approximate surface area is 80.9 Å². The Balaban J connectivity index is 2.71. The predicted octanol–water partition coefficient (Wildman–Crippen LogP) is 2.54. The van der Waals surface area contributed by atoms with Gasteiger partial charge in [-0.15, -0.1) is 0 Å². The van der Waals surface area contributed by atoms with Crippen LogP contribution in [-0.4, -0.2) is 24.9 Å². The molecule has 0 aromatic carbocycles. The first kappa shape index (κ1) is 10.7. The highest BCUT2D eigenvalue weighted by Crippen LogP contribution is 2.36. The van der Waals surface area contributed by atoms with E-state index in [9.17, 15) is 0 Å². The van der Waals surface area contributed by atoms with E-state index in [4.69, 9.17) is 9.47 Å². The second-order valence-electron chi connectivity index (χ2n) is 3.72. The van der Waals surface area contributed by atoms with Gasteiger partial charge >= 0.3 is 0 Å². The van der Waals surface area contributed by atoms with Gasteiger partial charge in [0.25, 0.3) is 0 Å². The van der Waals surface area contributed by atoms with Crippen LogP contribution in [0.2, 0.25) is 0 Å². The lowest BCUT2D eigenvalue weighted by molar-refractivity contribution is -0.0867. The van der Waals surface area contributed by atoms with E-state index in [1.54, 1.807) is 0 Å². The minimum atomic E-state index is -0.212. The van der Waals surface area contributed by atoms with Gasteiger partial charge in [-0.3, -0.25) is 0 Å². The fourth-order valence-electron chi connectivity index (χ4n) is 2.05. The number of ether oxygens (including phenoxy) is 2. The molecule has 0 bridgehead atoms. The number of hydrogen-bond donors (Lipinski definition) is 0. The number of rotatable bonds is 4. The van der Waals surface area contributed by atoms with Crippen LogP contribution in [0.4, 0.5) is 0 Å². The van der Waals surface area contributed by atoms with Gasteiger partial charge in [0.15, 0.2) is 0 Å². The van der Waals surface area contributed by atoms with Crippen molar-refractivity contribution in [3.8, 4) is 0 Å². The van der Waals surface area contributed by atoms with Crippen LogP contribution >= 0.6 is 0 Å². The SMILES string of the molecule is C=C(C)C1(C(C)OCC)CCCO1. The zero-order valence-electron chi connectivity index (χ0n) is 8.93. The summed E-state index contributed by atoms with van der Waals surface area (Å²) in [5.41, 5.74) is 0.877. The fourth-order valence-corrected chi connectivity index (χ4v) is 2.05. The van der Waals surface area contributed by atoms with Crippen molar-refractivity contribution in [3.05, 3.63) is 12.2 Å². The lowest BCUT2D eigenvalue weighted by Crippen LogP contribution is -2.42. The molecule has 76 valence electrons. The van der Waals surface area contributed by atoms with Crippen LogP contribution < -0.4 is 0 Å². The van der Waals surface area contributed by atoms with E-state index >= 15 is 0 Å². The summed E-state index contributed by atoms with van der Waals surface area (Å²) in [5.74, 6) is 0. The summed E-state index contributed by atoms with van der Waals surface area (Å²) in [5, 5.41) is 0. The molecule has 1 aliphatic rings. The maximum absolute atomic E-state index is 5.79. The van der Waals surface area contributed by atoms with Crippen LogP contribution in [-0.2, 0) is 9.47 Å². The normalized spacial score (nSPS) is 30.4. The molecule has 0 aliphatic carbocycles. The molecule has 0 radical (unpaired) electrons. The second kappa shape index (κ2) is 4.25. The molecule has 0 spiro atoms. The molecule has 0 aromatic rings. The first-order valence-electron chi connectivity index (χ1n) is 5.05. The molecule has 0 aromatic heterocycles. The van der Waals surface area contributed by atoms with E-state index < -0.39 is 0 Å². The molecule has 13 heavy (non-hydrogen) atoms. The standard InChI is InChI=1S/C11H20O2/c1-5-12-10(4)11(9(2)3)7-6-8-13-11/h10H,2,5-8H2,1,3-4H3. The summed E-state index contributed by atoms with van der Waals surface area (Å²) in [4.78, 5) is 0. The Bertz CT molecular complexity index is 181.